The van der Waals surface area contributed by atoms with Crippen molar-refractivity contribution in [1.29, 1.82) is 0 Å². The molecule has 1 unspecified atom stereocenters. The van der Waals surface area contributed by atoms with Gasteiger partial charge in [0.15, 0.2) is 12.0 Å². The van der Waals surface area contributed by atoms with Crippen LogP contribution in [-0.4, -0.2) is 47.4 Å². The van der Waals surface area contributed by atoms with Crippen LogP contribution in [0.3, 0.4) is 0 Å². The van der Waals surface area contributed by atoms with Crippen LogP contribution in [0.15, 0.2) is 101 Å². The van der Waals surface area contributed by atoms with E-state index < -0.39 is 47.2 Å². The molecule has 0 bridgehead atoms. The number of fused-ring (bicyclic) bond motifs is 1. The molecule has 2 fully saturated rings. The Morgan fingerprint density at radius 2 is 1.43 bits per heavy atom. The maximum Gasteiger partial charge on any atom is 0.330 e. The minimum Gasteiger partial charge on any atom is -0.497 e. The predicted octanol–water partition coefficient (Wildman–Crippen LogP) is 4.28. The SMILES string of the molecule is COc1ccc(C(OC[C@H]2OC(n3cc(C)c(=O)[nH]c3=O)[C@@H]3OC(C)(C)O[C@H]23)(c2ccccc2)c2ccccc2)cc1. The van der Waals surface area contributed by atoms with Crippen LogP contribution < -0.4 is 16.0 Å². The van der Waals surface area contributed by atoms with Gasteiger partial charge in [-0.2, -0.15) is 0 Å². The molecule has 2 aliphatic heterocycles. The van der Waals surface area contributed by atoms with Gasteiger partial charge in [0.1, 0.15) is 29.7 Å². The number of hydrogen-bond acceptors (Lipinski definition) is 7. The van der Waals surface area contributed by atoms with Crippen molar-refractivity contribution >= 4 is 0 Å². The van der Waals surface area contributed by atoms with Gasteiger partial charge in [-0.3, -0.25) is 14.3 Å². The number of benzene rings is 3. The van der Waals surface area contributed by atoms with E-state index in [1.165, 1.54) is 10.8 Å². The summed E-state index contributed by atoms with van der Waals surface area (Å²) in [6, 6.07) is 27.9. The number of hydrogen-bond donors (Lipinski definition) is 1. The second kappa shape index (κ2) is 11.0. The molecule has 0 amide bonds. The van der Waals surface area contributed by atoms with Crippen LogP contribution in [-0.2, 0) is 24.5 Å². The van der Waals surface area contributed by atoms with Gasteiger partial charge in [-0.05, 0) is 49.6 Å². The average Bonchev–Trinajstić information content (AvgIpc) is 3.49. The summed E-state index contributed by atoms with van der Waals surface area (Å²) in [5.74, 6) is -0.165. The molecular weight excluding hydrogens is 536 g/mol. The predicted molar refractivity (Wildman–Crippen MR) is 156 cm³/mol. The summed E-state index contributed by atoms with van der Waals surface area (Å²) >= 11 is 0. The Morgan fingerprint density at radius 1 is 0.857 bits per heavy atom. The topological polar surface area (TPSA) is 101 Å². The van der Waals surface area contributed by atoms with E-state index in [2.05, 4.69) is 4.98 Å². The lowest BCUT2D eigenvalue weighted by atomic mass is 9.80. The zero-order valence-electron chi connectivity index (χ0n) is 24.0. The van der Waals surface area contributed by atoms with Crippen molar-refractivity contribution in [3.63, 3.8) is 0 Å². The summed E-state index contributed by atoms with van der Waals surface area (Å²) in [6.07, 6.45) is -1.04. The molecule has 0 radical (unpaired) electrons. The van der Waals surface area contributed by atoms with Crippen molar-refractivity contribution in [2.45, 2.75) is 56.7 Å². The highest BCUT2D eigenvalue weighted by atomic mass is 16.8. The van der Waals surface area contributed by atoms with Crippen molar-refractivity contribution in [3.8, 4) is 5.75 Å². The number of H-pyrrole nitrogens is 1. The van der Waals surface area contributed by atoms with Gasteiger partial charge >= 0.3 is 5.69 Å². The maximum atomic E-state index is 12.8. The van der Waals surface area contributed by atoms with Gasteiger partial charge < -0.3 is 23.7 Å². The first-order valence-corrected chi connectivity index (χ1v) is 13.9. The smallest absolute Gasteiger partial charge is 0.330 e. The van der Waals surface area contributed by atoms with Crippen LogP contribution in [0, 0.1) is 6.92 Å². The summed E-state index contributed by atoms with van der Waals surface area (Å²) in [5, 5.41) is 0. The van der Waals surface area contributed by atoms with Gasteiger partial charge in [0.25, 0.3) is 5.56 Å². The number of aryl methyl sites for hydroxylation is 1. The van der Waals surface area contributed by atoms with E-state index in [1.807, 2.05) is 98.8 Å². The van der Waals surface area contributed by atoms with Crippen LogP contribution in [0.2, 0.25) is 0 Å². The maximum absolute atomic E-state index is 12.8. The molecular formula is C33H34N2O7. The lowest BCUT2D eigenvalue weighted by Gasteiger charge is -2.37. The molecule has 9 heteroatoms. The molecule has 0 saturated carbocycles. The molecule has 3 aromatic carbocycles. The number of methoxy groups -OCH3 is 1. The second-order valence-corrected chi connectivity index (χ2v) is 11.1. The number of nitrogens with one attached hydrogen (secondary N) is 1. The number of nitrogens with zero attached hydrogens (tertiary/aromatic N) is 1. The number of aromatic nitrogens is 2. The zero-order chi connectivity index (χ0) is 29.5. The normalized spacial score (nSPS) is 23.0. The lowest BCUT2D eigenvalue weighted by Crippen LogP contribution is -2.39. The fraction of sp³-hybridized carbons (Fsp3) is 0.333. The molecule has 1 N–H and O–H groups in total. The van der Waals surface area contributed by atoms with Crippen molar-refractivity contribution in [2.75, 3.05) is 13.7 Å². The first-order chi connectivity index (χ1) is 20.2. The molecule has 3 heterocycles. The second-order valence-electron chi connectivity index (χ2n) is 11.1. The van der Waals surface area contributed by atoms with Gasteiger partial charge in [0.05, 0.1) is 13.7 Å². The van der Waals surface area contributed by atoms with Gasteiger partial charge in [0.2, 0.25) is 0 Å². The van der Waals surface area contributed by atoms with E-state index in [9.17, 15) is 9.59 Å². The van der Waals surface area contributed by atoms with E-state index in [0.717, 1.165) is 22.4 Å². The summed E-state index contributed by atoms with van der Waals surface area (Å²) in [6.45, 7) is 5.41. The van der Waals surface area contributed by atoms with E-state index in [-0.39, 0.29) is 6.61 Å². The zero-order valence-corrected chi connectivity index (χ0v) is 24.0. The Balaban J connectivity index is 1.42. The van der Waals surface area contributed by atoms with Crippen LogP contribution in [0.1, 0.15) is 42.3 Å². The standard InChI is InChI=1S/C33H34N2O7/c1-21-19-35(31(37)34-29(21)36)30-28-27(41-32(2,3)42-28)26(40-30)20-39-33(22-11-7-5-8-12-22,23-13-9-6-10-14-23)24-15-17-25(38-4)18-16-24/h5-19,26-28,30H,20H2,1-4H3,(H,34,36,37)/t26-,27-,28-,30?/m1/s1. The van der Waals surface area contributed by atoms with E-state index in [0.29, 0.717) is 5.56 Å². The Bertz CT molecular complexity index is 1610. The van der Waals surface area contributed by atoms with Gasteiger partial charge in [-0.1, -0.05) is 72.8 Å². The minimum absolute atomic E-state index is 0.115. The van der Waals surface area contributed by atoms with Crippen molar-refractivity contribution in [1.82, 2.24) is 9.55 Å². The summed E-state index contributed by atoms with van der Waals surface area (Å²) in [7, 11) is 1.64. The Hall–Kier alpha value is -4.02. The largest absolute Gasteiger partial charge is 0.497 e. The van der Waals surface area contributed by atoms with Crippen LogP contribution in [0.4, 0.5) is 0 Å². The fourth-order valence-corrected chi connectivity index (χ4v) is 5.92. The highest BCUT2D eigenvalue weighted by Gasteiger charge is 2.56. The van der Waals surface area contributed by atoms with Crippen molar-refractivity contribution < 1.29 is 23.7 Å². The number of aromatic amines is 1. The number of rotatable bonds is 8. The molecule has 1 aromatic heterocycles. The molecule has 2 saturated heterocycles. The third-order valence-electron chi connectivity index (χ3n) is 7.87. The van der Waals surface area contributed by atoms with E-state index in [4.69, 9.17) is 23.7 Å². The summed E-state index contributed by atoms with van der Waals surface area (Å²) in [5.41, 5.74) is 1.14. The quantitative estimate of drug-likeness (QED) is 0.316. The minimum atomic E-state index is -1.01. The Morgan fingerprint density at radius 3 is 2.02 bits per heavy atom. The van der Waals surface area contributed by atoms with Gasteiger partial charge in [-0.25, -0.2) is 4.79 Å². The van der Waals surface area contributed by atoms with Crippen LogP contribution >= 0.6 is 0 Å². The van der Waals surface area contributed by atoms with E-state index in [1.54, 1.807) is 14.0 Å². The van der Waals surface area contributed by atoms with Gasteiger partial charge in [-0.15, -0.1) is 0 Å². The number of ether oxygens (including phenoxy) is 5. The molecule has 2 aliphatic rings. The first kappa shape index (κ1) is 28.1. The molecule has 42 heavy (non-hydrogen) atoms. The van der Waals surface area contributed by atoms with Crippen molar-refractivity contribution in [3.05, 3.63) is 134 Å². The molecule has 0 spiro atoms. The van der Waals surface area contributed by atoms with Crippen LogP contribution in [0.25, 0.3) is 0 Å². The third-order valence-corrected chi connectivity index (χ3v) is 7.87. The third kappa shape index (κ3) is 4.98. The first-order valence-electron chi connectivity index (χ1n) is 13.9. The lowest BCUT2D eigenvalue weighted by molar-refractivity contribution is -0.205. The molecule has 6 rings (SSSR count). The Kier molecular flexibility index (Phi) is 7.36. The highest BCUT2D eigenvalue weighted by Crippen LogP contribution is 2.45. The molecule has 218 valence electrons. The average molecular weight is 571 g/mol. The van der Waals surface area contributed by atoms with Crippen LogP contribution in [0.5, 0.6) is 5.75 Å². The monoisotopic (exact) mass is 570 g/mol. The van der Waals surface area contributed by atoms with Crippen molar-refractivity contribution in [2.24, 2.45) is 0 Å². The molecule has 0 aliphatic carbocycles. The Labute approximate surface area is 243 Å². The molecule has 9 nitrogen and oxygen atoms in total. The van der Waals surface area contributed by atoms with E-state index >= 15 is 0 Å². The van der Waals surface area contributed by atoms with Gasteiger partial charge in [0, 0.05) is 11.8 Å². The fourth-order valence-electron chi connectivity index (χ4n) is 5.92. The molecule has 4 aromatic rings. The summed E-state index contributed by atoms with van der Waals surface area (Å²) < 4.78 is 32.9. The highest BCUT2D eigenvalue weighted by molar-refractivity contribution is 5.48. The molecule has 4 atom stereocenters. The summed E-state index contributed by atoms with van der Waals surface area (Å²) in [4.78, 5) is 27.3.